The van der Waals surface area contributed by atoms with Crippen LogP contribution in [-0.4, -0.2) is 59.2 Å². The van der Waals surface area contributed by atoms with Crippen molar-refractivity contribution in [3.8, 4) is 0 Å². The molecule has 1 aliphatic rings. The Morgan fingerprint density at radius 3 is 2.28 bits per heavy atom. The van der Waals surface area contributed by atoms with Gasteiger partial charge >= 0.3 is 5.97 Å². The van der Waals surface area contributed by atoms with Crippen LogP contribution in [0.4, 0.5) is 0 Å². The molecule has 1 aromatic carbocycles. The maximum atomic E-state index is 11.4. The maximum absolute atomic E-state index is 11.4. The first-order valence-electron chi connectivity index (χ1n) is 7.89. The number of carbonyl (C=O) groups excluding carboxylic acids is 1. The summed E-state index contributed by atoms with van der Waals surface area (Å²) in [6, 6.07) is 9.68. The van der Waals surface area contributed by atoms with E-state index in [1.165, 1.54) is 20.3 Å². The molecule has 0 aliphatic carbocycles. The van der Waals surface area contributed by atoms with Gasteiger partial charge in [-0.25, -0.2) is 4.79 Å². The zero-order valence-electron chi connectivity index (χ0n) is 14.6. The molecule has 138 valence electrons. The first-order valence-corrected chi connectivity index (χ1v) is 7.89. The van der Waals surface area contributed by atoms with Gasteiger partial charge in [-0.2, -0.15) is 0 Å². The fraction of sp³-hybridized carbons (Fsp3) is 0.500. The van der Waals surface area contributed by atoms with Crippen LogP contribution in [0, 0.1) is 0 Å². The Labute approximate surface area is 147 Å². The predicted molar refractivity (Wildman–Crippen MR) is 88.7 cm³/mol. The van der Waals surface area contributed by atoms with E-state index in [9.17, 15) is 4.79 Å². The number of hydrogen-bond acceptors (Lipinski definition) is 7. The number of benzene rings is 1. The van der Waals surface area contributed by atoms with Gasteiger partial charge in [0, 0.05) is 20.3 Å². The molecule has 1 aromatic rings. The van der Waals surface area contributed by atoms with Crippen molar-refractivity contribution in [3.63, 3.8) is 0 Å². The van der Waals surface area contributed by atoms with Gasteiger partial charge in [0.25, 0.3) is 0 Å². The Balaban J connectivity index is 2.25. The molecule has 1 fully saturated rings. The van der Waals surface area contributed by atoms with Crippen molar-refractivity contribution in [3.05, 3.63) is 48.0 Å². The third kappa shape index (κ3) is 5.35. The van der Waals surface area contributed by atoms with Gasteiger partial charge in [0.05, 0.1) is 7.11 Å². The summed E-state index contributed by atoms with van der Waals surface area (Å²) in [5.74, 6) is -0.466. The summed E-state index contributed by atoms with van der Waals surface area (Å²) in [5, 5.41) is 0. The van der Waals surface area contributed by atoms with Crippen LogP contribution >= 0.6 is 0 Å². The molecule has 1 heterocycles. The van der Waals surface area contributed by atoms with E-state index in [1.54, 1.807) is 13.2 Å². The quantitative estimate of drug-likeness (QED) is 0.381. The summed E-state index contributed by atoms with van der Waals surface area (Å²) in [6.45, 7) is 0.169. The summed E-state index contributed by atoms with van der Waals surface area (Å²) in [6.07, 6.45) is 1.16. The van der Waals surface area contributed by atoms with E-state index in [0.29, 0.717) is 0 Å². The molecule has 0 unspecified atom stereocenters. The van der Waals surface area contributed by atoms with Gasteiger partial charge in [-0.1, -0.05) is 30.3 Å². The summed E-state index contributed by atoms with van der Waals surface area (Å²) in [5.41, 5.74) is 0.948. The molecular weight excluding hydrogens is 328 g/mol. The first kappa shape index (κ1) is 19.6. The maximum Gasteiger partial charge on any atom is 0.330 e. The molecule has 0 N–H and O–H groups in total. The minimum atomic E-state index is -0.499. The van der Waals surface area contributed by atoms with Crippen LogP contribution in [0.2, 0.25) is 0 Å². The highest BCUT2D eigenvalue weighted by atomic mass is 16.7. The molecule has 7 nitrogen and oxygen atoms in total. The summed E-state index contributed by atoms with van der Waals surface area (Å²) < 4.78 is 32.4. The van der Waals surface area contributed by atoms with Gasteiger partial charge in [0.2, 0.25) is 0 Å². The van der Waals surface area contributed by atoms with Crippen molar-refractivity contribution < 1.29 is 33.2 Å². The van der Waals surface area contributed by atoms with Gasteiger partial charge < -0.3 is 28.4 Å². The third-order valence-corrected chi connectivity index (χ3v) is 3.76. The number of rotatable bonds is 9. The second-order valence-electron chi connectivity index (χ2n) is 5.39. The molecule has 2 rings (SSSR count). The molecule has 25 heavy (non-hydrogen) atoms. The van der Waals surface area contributed by atoms with Crippen molar-refractivity contribution in [2.24, 2.45) is 0 Å². The molecule has 0 radical (unpaired) electrons. The van der Waals surface area contributed by atoms with Crippen molar-refractivity contribution in [2.45, 2.75) is 24.4 Å². The van der Waals surface area contributed by atoms with E-state index in [2.05, 4.69) is 4.74 Å². The average Bonchev–Trinajstić information content (AvgIpc) is 3.00. The Hall–Kier alpha value is -1.77. The van der Waals surface area contributed by atoms with Crippen LogP contribution in [0.25, 0.3) is 0 Å². The minimum Gasteiger partial charge on any atom is -0.466 e. The summed E-state index contributed by atoms with van der Waals surface area (Å²) in [7, 11) is 4.40. The molecule has 0 amide bonds. The zero-order chi connectivity index (χ0) is 18.1. The summed E-state index contributed by atoms with van der Waals surface area (Å²) in [4.78, 5) is 11.4. The van der Waals surface area contributed by atoms with Crippen LogP contribution in [0.5, 0.6) is 0 Å². The van der Waals surface area contributed by atoms with Gasteiger partial charge in [0.15, 0.2) is 0 Å². The Bertz CT molecular complexity index is 546. The number of methoxy groups -OCH3 is 3. The monoisotopic (exact) mass is 352 g/mol. The Morgan fingerprint density at radius 2 is 1.68 bits per heavy atom. The largest absolute Gasteiger partial charge is 0.466 e. The highest BCUT2D eigenvalue weighted by molar-refractivity contribution is 5.81. The van der Waals surface area contributed by atoms with E-state index in [-0.39, 0.29) is 19.7 Å². The van der Waals surface area contributed by atoms with Crippen LogP contribution in [-0.2, 0) is 33.2 Å². The summed E-state index contributed by atoms with van der Waals surface area (Å²) >= 11 is 0. The fourth-order valence-electron chi connectivity index (χ4n) is 2.66. The van der Waals surface area contributed by atoms with Crippen LogP contribution in [0.3, 0.4) is 0 Å². The van der Waals surface area contributed by atoms with Gasteiger partial charge in [0.1, 0.15) is 38.0 Å². The standard InChI is InChI=1S/C18H24O7/c1-20-11-23-17-14(9-10-15(19)22-3)25-16(18(17)24-12-21-2)13-7-5-4-6-8-13/h4-10,14,16-18H,11-12H2,1-3H3/b10-9+/t14-,16+,17+,18+/m0/s1. The van der Waals surface area contributed by atoms with Gasteiger partial charge in [-0.15, -0.1) is 0 Å². The van der Waals surface area contributed by atoms with Gasteiger partial charge in [-0.3, -0.25) is 0 Å². The van der Waals surface area contributed by atoms with Crippen LogP contribution in [0.15, 0.2) is 42.5 Å². The Morgan fingerprint density at radius 1 is 1.04 bits per heavy atom. The van der Waals surface area contributed by atoms with E-state index >= 15 is 0 Å². The molecule has 0 aromatic heterocycles. The third-order valence-electron chi connectivity index (χ3n) is 3.76. The number of esters is 1. The van der Waals surface area contributed by atoms with Crippen molar-refractivity contribution in [1.82, 2.24) is 0 Å². The van der Waals surface area contributed by atoms with Crippen molar-refractivity contribution in [1.29, 1.82) is 0 Å². The van der Waals surface area contributed by atoms with Crippen LogP contribution in [0.1, 0.15) is 11.7 Å². The predicted octanol–water partition coefficient (Wildman–Crippen LogP) is 1.83. The lowest BCUT2D eigenvalue weighted by Crippen LogP contribution is -2.36. The fourth-order valence-corrected chi connectivity index (χ4v) is 2.66. The lowest BCUT2D eigenvalue weighted by atomic mass is 10.0. The molecule has 0 bridgehead atoms. The molecule has 7 heteroatoms. The highest BCUT2D eigenvalue weighted by Crippen LogP contribution is 2.37. The van der Waals surface area contributed by atoms with Crippen molar-refractivity contribution >= 4 is 5.97 Å². The molecular formula is C18H24O7. The highest BCUT2D eigenvalue weighted by Gasteiger charge is 2.46. The van der Waals surface area contributed by atoms with E-state index in [4.69, 9.17) is 23.7 Å². The zero-order valence-corrected chi connectivity index (χ0v) is 14.6. The van der Waals surface area contributed by atoms with Gasteiger partial charge in [-0.05, 0) is 11.6 Å². The average molecular weight is 352 g/mol. The number of ether oxygens (including phenoxy) is 6. The first-order chi connectivity index (χ1) is 12.2. The van der Waals surface area contributed by atoms with E-state index in [1.807, 2.05) is 30.3 Å². The lowest BCUT2D eigenvalue weighted by molar-refractivity contribution is -0.150. The van der Waals surface area contributed by atoms with E-state index < -0.39 is 24.3 Å². The number of carbonyl (C=O) groups is 1. The Kier molecular flexibility index (Phi) is 8.03. The second-order valence-corrected chi connectivity index (χ2v) is 5.39. The molecule has 1 saturated heterocycles. The lowest BCUT2D eigenvalue weighted by Gasteiger charge is -2.23. The SMILES string of the molecule is COCO[C@H]1[C@H](OCOC)[C@@H](c2ccccc2)O[C@H]1/C=C/C(=O)OC. The molecule has 0 spiro atoms. The smallest absolute Gasteiger partial charge is 0.330 e. The van der Waals surface area contributed by atoms with Crippen LogP contribution < -0.4 is 0 Å². The molecule has 4 atom stereocenters. The molecule has 0 saturated carbocycles. The second kappa shape index (κ2) is 10.3. The normalized spacial score (nSPS) is 26.2. The topological polar surface area (TPSA) is 72.5 Å². The minimum absolute atomic E-state index is 0.0743. The van der Waals surface area contributed by atoms with E-state index in [0.717, 1.165) is 5.56 Å². The molecule has 1 aliphatic heterocycles. The number of hydrogen-bond donors (Lipinski definition) is 0. The van der Waals surface area contributed by atoms with Crippen molar-refractivity contribution in [2.75, 3.05) is 34.9 Å².